The van der Waals surface area contributed by atoms with Crippen LogP contribution >= 0.6 is 0 Å². The zero-order valence-corrected chi connectivity index (χ0v) is 4.90. The molecule has 0 unspecified atom stereocenters. The average Bonchev–Trinajstić information content (AvgIpc) is 2.36. The van der Waals surface area contributed by atoms with Crippen molar-refractivity contribution in [3.63, 3.8) is 0 Å². The van der Waals surface area contributed by atoms with Gasteiger partial charge in [-0.15, -0.1) is 0 Å². The summed E-state index contributed by atoms with van der Waals surface area (Å²) in [7, 11) is 0. The van der Waals surface area contributed by atoms with Gasteiger partial charge in [-0.1, -0.05) is 6.07 Å². The van der Waals surface area contributed by atoms with Crippen LogP contribution < -0.4 is 5.43 Å². The molecule has 4 heteroatoms. The summed E-state index contributed by atoms with van der Waals surface area (Å²) in [6.45, 7) is 0. The fraction of sp³-hybridized carbons (Fsp3) is 0. The molecule has 10 heavy (non-hydrogen) atoms. The van der Waals surface area contributed by atoms with E-state index >= 15 is 0 Å². The molecule has 0 saturated carbocycles. The molecule has 0 aromatic heterocycles. The van der Waals surface area contributed by atoms with Gasteiger partial charge in [0.1, 0.15) is 0 Å². The molecule has 0 saturated heterocycles. The maximum Gasteiger partial charge on any atom is 0.214 e. The number of hydrogen-bond acceptors (Lipinski definition) is 4. The lowest BCUT2D eigenvalue weighted by atomic mass is 10.2. The lowest BCUT2D eigenvalue weighted by Gasteiger charge is -1.82. The highest BCUT2D eigenvalue weighted by molar-refractivity contribution is 5.50. The monoisotopic (exact) mass is 137 g/mol. The molecule has 0 N–H and O–H groups in total. The van der Waals surface area contributed by atoms with Crippen molar-refractivity contribution in [3.05, 3.63) is 28.4 Å². The Labute approximate surface area is 55.3 Å². The maximum atomic E-state index is 10.9. The van der Waals surface area contributed by atoms with E-state index in [1.54, 1.807) is 12.1 Å². The highest BCUT2D eigenvalue weighted by Gasteiger charge is 2.11. The Hall–Kier alpha value is -1.58. The number of rotatable bonds is 0. The molecule has 2 rings (SSSR count). The lowest BCUT2D eigenvalue weighted by molar-refractivity contribution is 0.0167. The number of fused-ring (bicyclic) bond motifs is 1. The maximum absolute atomic E-state index is 10.9. The van der Waals surface area contributed by atoms with Gasteiger partial charge in [0.05, 0.1) is 0 Å². The highest BCUT2D eigenvalue weighted by atomic mass is 17.0. The van der Waals surface area contributed by atoms with Gasteiger partial charge in [0.25, 0.3) is 0 Å². The van der Waals surface area contributed by atoms with E-state index in [2.05, 4.69) is 14.4 Å². The van der Waals surface area contributed by atoms with Crippen molar-refractivity contribution in [2.24, 2.45) is 0 Å². The van der Waals surface area contributed by atoms with Gasteiger partial charge in [0, 0.05) is 0 Å². The first-order valence-electron chi connectivity index (χ1n) is 2.73. The van der Waals surface area contributed by atoms with Crippen molar-refractivity contribution in [2.45, 2.75) is 0 Å². The first kappa shape index (κ1) is 5.22. The summed E-state index contributed by atoms with van der Waals surface area (Å²) in [5.41, 5.74) is 0.0532. The summed E-state index contributed by atoms with van der Waals surface area (Å²) < 4.78 is 8.73. The van der Waals surface area contributed by atoms with Crippen LogP contribution in [0.5, 0.6) is 0 Å². The van der Waals surface area contributed by atoms with Gasteiger partial charge in [0.15, 0.2) is 0 Å². The van der Waals surface area contributed by atoms with E-state index in [0.717, 1.165) is 0 Å². The second kappa shape index (κ2) is 1.70. The van der Waals surface area contributed by atoms with Crippen molar-refractivity contribution < 1.29 is 9.26 Å². The van der Waals surface area contributed by atoms with E-state index in [4.69, 9.17) is 0 Å². The van der Waals surface area contributed by atoms with Crippen LogP contribution in [0.2, 0.25) is 0 Å². The minimum Gasteiger partial charge on any atom is -0.287 e. The predicted molar refractivity (Wildman–Crippen MR) is 31.7 cm³/mol. The topological polar surface area (TPSA) is 56.2 Å². The van der Waals surface area contributed by atoms with Crippen LogP contribution in [0, 0.1) is 0 Å². The zero-order valence-electron chi connectivity index (χ0n) is 4.90. The summed E-state index contributed by atoms with van der Waals surface area (Å²) in [4.78, 5) is 10.9. The normalized spacial score (nSPS) is 10.4. The number of aromatic nitrogens is 1. The second-order valence-electron chi connectivity index (χ2n) is 1.85. The van der Waals surface area contributed by atoms with Gasteiger partial charge in [-0.3, -0.25) is 9.37 Å². The van der Waals surface area contributed by atoms with E-state index in [-0.39, 0.29) is 11.1 Å². The van der Waals surface area contributed by atoms with E-state index < -0.39 is 0 Å². The van der Waals surface area contributed by atoms with Crippen LogP contribution in [0.1, 0.15) is 0 Å². The van der Waals surface area contributed by atoms with Gasteiger partial charge < -0.3 is 0 Å². The number of nitrogens with zero attached hydrogens (tertiary/aromatic N) is 1. The fourth-order valence-electron chi connectivity index (χ4n) is 0.755. The van der Waals surface area contributed by atoms with Gasteiger partial charge in [-0.05, 0) is 17.3 Å². The van der Waals surface area contributed by atoms with E-state index in [9.17, 15) is 4.79 Å². The molecule has 1 aliphatic carbocycles. The quantitative estimate of drug-likeness (QED) is 0.502. The molecule has 0 spiro atoms. The Morgan fingerprint density at radius 2 is 2.30 bits per heavy atom. The standard InChI is InChI=1S/C6H3NO3/c8-4-2-1-3-5-6(4)7-10-9-5/h1-3H. The first-order valence-corrected chi connectivity index (χ1v) is 2.73. The molecule has 0 bridgehead atoms. The van der Waals surface area contributed by atoms with Gasteiger partial charge in [-0.25, -0.2) is 0 Å². The van der Waals surface area contributed by atoms with E-state index in [1.165, 1.54) is 6.07 Å². The Morgan fingerprint density at radius 3 is 3.10 bits per heavy atom. The molecule has 1 heterocycles. The molecule has 0 radical (unpaired) electrons. The fourth-order valence-corrected chi connectivity index (χ4v) is 0.755. The van der Waals surface area contributed by atoms with Crippen LogP contribution in [-0.2, 0) is 0 Å². The minimum absolute atomic E-state index is 0.185. The minimum atomic E-state index is -0.185. The number of hydrogen-bond donors (Lipinski definition) is 0. The predicted octanol–water partition coefficient (Wildman–Crippen LogP) is 0.733. The number of benzene rings is 1. The van der Waals surface area contributed by atoms with Crippen molar-refractivity contribution in [3.8, 4) is 11.5 Å². The third-order valence-corrected chi connectivity index (χ3v) is 1.22. The molecule has 0 aromatic rings. The molecule has 50 valence electrons. The molecule has 0 atom stereocenters. The molecular weight excluding hydrogens is 134 g/mol. The SMILES string of the molecule is O=c1cccc2oonc1-2. The van der Waals surface area contributed by atoms with Gasteiger partial charge in [-0.2, -0.15) is 4.68 Å². The Kier molecular flexibility index (Phi) is 0.887. The summed E-state index contributed by atoms with van der Waals surface area (Å²) >= 11 is 0. The van der Waals surface area contributed by atoms with Gasteiger partial charge in [0.2, 0.25) is 16.9 Å². The Bertz CT molecular complexity index is 362. The highest BCUT2D eigenvalue weighted by Crippen LogP contribution is 2.12. The first-order chi connectivity index (χ1) is 4.88. The smallest absolute Gasteiger partial charge is 0.214 e. The van der Waals surface area contributed by atoms with Crippen LogP contribution in [0.15, 0.2) is 32.3 Å². The Morgan fingerprint density at radius 1 is 1.40 bits per heavy atom. The van der Waals surface area contributed by atoms with Gasteiger partial charge >= 0.3 is 0 Å². The molecule has 1 aliphatic heterocycles. The van der Waals surface area contributed by atoms with Crippen molar-refractivity contribution in [1.29, 1.82) is 0 Å². The van der Waals surface area contributed by atoms with Crippen LogP contribution in [0.4, 0.5) is 0 Å². The van der Waals surface area contributed by atoms with E-state index in [1.807, 2.05) is 0 Å². The van der Waals surface area contributed by atoms with Crippen LogP contribution in [0.25, 0.3) is 11.5 Å². The molecule has 0 amide bonds. The van der Waals surface area contributed by atoms with Crippen molar-refractivity contribution >= 4 is 0 Å². The zero-order chi connectivity index (χ0) is 6.97. The average molecular weight is 137 g/mol. The molecule has 0 aromatic carbocycles. The largest absolute Gasteiger partial charge is 0.287 e. The Balaban J connectivity index is 2.93. The molecule has 0 fully saturated rings. The second-order valence-corrected chi connectivity index (χ2v) is 1.85. The molecule has 4 nitrogen and oxygen atoms in total. The summed E-state index contributed by atoms with van der Waals surface area (Å²) in [6.07, 6.45) is 0. The van der Waals surface area contributed by atoms with Crippen molar-refractivity contribution in [2.75, 3.05) is 0 Å². The molecule has 2 aliphatic rings. The van der Waals surface area contributed by atoms with E-state index in [0.29, 0.717) is 5.76 Å². The third-order valence-electron chi connectivity index (χ3n) is 1.22. The van der Waals surface area contributed by atoms with Crippen LogP contribution in [0.3, 0.4) is 0 Å². The third kappa shape index (κ3) is 0.556. The van der Waals surface area contributed by atoms with Crippen molar-refractivity contribution in [1.82, 2.24) is 5.16 Å². The van der Waals surface area contributed by atoms with Crippen LogP contribution in [-0.4, -0.2) is 5.16 Å². The molecular formula is C6H3NO3. The summed E-state index contributed by atoms with van der Waals surface area (Å²) in [5.74, 6) is 0.382. The summed E-state index contributed by atoms with van der Waals surface area (Å²) in [6, 6.07) is 4.61. The lowest BCUT2D eigenvalue weighted by Crippen LogP contribution is -2.01. The summed E-state index contributed by atoms with van der Waals surface area (Å²) in [5, 5.41) is 3.36.